The number of oxazole rings is 1. The summed E-state index contributed by atoms with van der Waals surface area (Å²) in [5, 5.41) is 8.50. The maximum absolute atomic E-state index is 5.86. The lowest BCUT2D eigenvalue weighted by molar-refractivity contribution is 0.171. The highest BCUT2D eigenvalue weighted by Gasteiger charge is 2.28. The molecule has 0 spiro atoms. The Morgan fingerprint density at radius 3 is 3.00 bits per heavy atom. The zero-order chi connectivity index (χ0) is 15.1. The van der Waals surface area contributed by atoms with Crippen molar-refractivity contribution >= 4 is 17.1 Å². The van der Waals surface area contributed by atoms with Crippen LogP contribution in [0, 0.1) is 0 Å². The molecule has 3 aromatic rings. The van der Waals surface area contributed by atoms with Crippen LogP contribution < -0.4 is 4.90 Å². The number of anilines is 1. The molecule has 0 bridgehead atoms. The summed E-state index contributed by atoms with van der Waals surface area (Å²) in [5.41, 5.74) is 1.68. The van der Waals surface area contributed by atoms with Crippen molar-refractivity contribution in [3.63, 3.8) is 0 Å². The van der Waals surface area contributed by atoms with Gasteiger partial charge in [-0.2, -0.15) is 4.98 Å². The molecule has 0 amide bonds. The van der Waals surface area contributed by atoms with E-state index in [1.54, 1.807) is 7.11 Å². The summed E-state index contributed by atoms with van der Waals surface area (Å²) in [6.07, 6.45) is 0. The first-order chi connectivity index (χ1) is 10.8. The molecule has 0 saturated heterocycles. The summed E-state index contributed by atoms with van der Waals surface area (Å²) in [5.74, 6) is 1.77. The van der Waals surface area contributed by atoms with Crippen molar-refractivity contribution in [3.8, 4) is 0 Å². The molecule has 0 radical (unpaired) electrons. The summed E-state index contributed by atoms with van der Waals surface area (Å²) in [6.45, 7) is 4.05. The first kappa shape index (κ1) is 13.3. The largest absolute Gasteiger partial charge is 0.423 e. The fraction of sp³-hybridized carbons (Fsp3) is 0.400. The first-order valence-corrected chi connectivity index (χ1v) is 7.28. The second-order valence-electron chi connectivity index (χ2n) is 5.53. The maximum Gasteiger partial charge on any atom is 0.298 e. The van der Waals surface area contributed by atoms with E-state index in [0.717, 1.165) is 29.3 Å². The molecule has 1 atom stereocenters. The molecule has 0 fully saturated rings. The van der Waals surface area contributed by atoms with Gasteiger partial charge in [0, 0.05) is 13.7 Å². The summed E-state index contributed by atoms with van der Waals surface area (Å²) in [7, 11) is 1.67. The van der Waals surface area contributed by atoms with E-state index in [9.17, 15) is 0 Å². The van der Waals surface area contributed by atoms with Crippen LogP contribution in [0.3, 0.4) is 0 Å². The minimum atomic E-state index is 0.235. The average Bonchev–Trinajstić information content (AvgIpc) is 3.11. The van der Waals surface area contributed by atoms with Crippen molar-refractivity contribution in [2.24, 2.45) is 0 Å². The van der Waals surface area contributed by atoms with Crippen LogP contribution in [0.25, 0.3) is 11.1 Å². The highest BCUT2D eigenvalue weighted by molar-refractivity contribution is 5.74. The number of methoxy groups -OCH3 is 1. The second-order valence-corrected chi connectivity index (χ2v) is 5.53. The van der Waals surface area contributed by atoms with Crippen molar-refractivity contribution in [3.05, 3.63) is 35.9 Å². The highest BCUT2D eigenvalue weighted by atomic mass is 16.5. The van der Waals surface area contributed by atoms with Gasteiger partial charge in [0.15, 0.2) is 17.2 Å². The van der Waals surface area contributed by atoms with Gasteiger partial charge in [-0.1, -0.05) is 12.1 Å². The number of fused-ring (bicyclic) bond motifs is 2. The number of benzene rings is 1. The molecule has 3 heterocycles. The molecule has 1 aliphatic rings. The smallest absolute Gasteiger partial charge is 0.298 e. The molecule has 2 aromatic heterocycles. The third-order valence-electron chi connectivity index (χ3n) is 3.92. The molecular weight excluding hydrogens is 282 g/mol. The lowest BCUT2D eigenvalue weighted by atomic mass is 10.2. The molecule has 1 aromatic carbocycles. The fourth-order valence-corrected chi connectivity index (χ4v) is 2.98. The minimum absolute atomic E-state index is 0.235. The van der Waals surface area contributed by atoms with Gasteiger partial charge in [-0.25, -0.2) is 0 Å². The van der Waals surface area contributed by atoms with Gasteiger partial charge in [-0.05, 0) is 19.1 Å². The maximum atomic E-state index is 5.86. The summed E-state index contributed by atoms with van der Waals surface area (Å²) in [6, 6.07) is 8.66. The Hall–Kier alpha value is -2.41. The van der Waals surface area contributed by atoms with E-state index in [2.05, 4.69) is 31.6 Å². The van der Waals surface area contributed by atoms with Gasteiger partial charge in [-0.3, -0.25) is 0 Å². The van der Waals surface area contributed by atoms with Gasteiger partial charge in [0.2, 0.25) is 0 Å². The molecule has 7 heteroatoms. The van der Waals surface area contributed by atoms with E-state index >= 15 is 0 Å². The fourth-order valence-electron chi connectivity index (χ4n) is 2.98. The lowest BCUT2D eigenvalue weighted by Crippen LogP contribution is -2.37. The van der Waals surface area contributed by atoms with E-state index < -0.39 is 0 Å². The highest BCUT2D eigenvalue weighted by Crippen LogP contribution is 2.28. The third kappa shape index (κ3) is 2.05. The molecular formula is C15H17N5O2. The molecule has 1 aliphatic heterocycles. The Labute approximate surface area is 127 Å². The number of ether oxygens (including phenoxy) is 1. The average molecular weight is 299 g/mol. The number of aromatic nitrogens is 4. The molecule has 114 valence electrons. The third-order valence-corrected chi connectivity index (χ3v) is 3.92. The summed E-state index contributed by atoms with van der Waals surface area (Å²) >= 11 is 0. The van der Waals surface area contributed by atoms with Crippen LogP contribution >= 0.6 is 0 Å². The van der Waals surface area contributed by atoms with Gasteiger partial charge in [0.25, 0.3) is 6.01 Å². The first-order valence-electron chi connectivity index (χ1n) is 7.28. The summed E-state index contributed by atoms with van der Waals surface area (Å²) < 4.78 is 13.2. The monoisotopic (exact) mass is 299 g/mol. The van der Waals surface area contributed by atoms with Crippen LogP contribution in [0.1, 0.15) is 24.6 Å². The van der Waals surface area contributed by atoms with Crippen LogP contribution in [-0.4, -0.2) is 33.4 Å². The second kappa shape index (κ2) is 5.10. The van der Waals surface area contributed by atoms with E-state index in [1.807, 2.05) is 24.3 Å². The van der Waals surface area contributed by atoms with E-state index in [4.69, 9.17) is 9.15 Å². The Balaban J connectivity index is 1.67. The predicted molar refractivity (Wildman–Crippen MR) is 80.5 cm³/mol. The molecule has 0 aliphatic carbocycles. The Bertz CT molecular complexity index is 776. The molecule has 0 N–H and O–H groups in total. The van der Waals surface area contributed by atoms with Crippen LogP contribution in [0.15, 0.2) is 28.7 Å². The van der Waals surface area contributed by atoms with E-state index in [-0.39, 0.29) is 6.04 Å². The molecule has 4 rings (SSSR count). The zero-order valence-corrected chi connectivity index (χ0v) is 12.6. The van der Waals surface area contributed by atoms with Gasteiger partial charge >= 0.3 is 0 Å². The number of rotatable bonds is 3. The quantitative estimate of drug-likeness (QED) is 0.738. The zero-order valence-electron chi connectivity index (χ0n) is 12.6. The van der Waals surface area contributed by atoms with Crippen LogP contribution in [0.2, 0.25) is 0 Å². The lowest BCUT2D eigenvalue weighted by Gasteiger charge is -2.31. The van der Waals surface area contributed by atoms with Crippen molar-refractivity contribution in [2.45, 2.75) is 26.1 Å². The van der Waals surface area contributed by atoms with Crippen molar-refractivity contribution in [1.29, 1.82) is 0 Å². The molecule has 22 heavy (non-hydrogen) atoms. The number of hydrogen-bond donors (Lipinski definition) is 0. The van der Waals surface area contributed by atoms with Gasteiger partial charge < -0.3 is 18.6 Å². The van der Waals surface area contributed by atoms with Crippen LogP contribution in [-0.2, 0) is 17.9 Å². The molecule has 0 unspecified atom stereocenters. The van der Waals surface area contributed by atoms with Gasteiger partial charge in [0.05, 0.1) is 12.6 Å². The van der Waals surface area contributed by atoms with Gasteiger partial charge in [0.1, 0.15) is 12.1 Å². The number of hydrogen-bond acceptors (Lipinski definition) is 6. The summed E-state index contributed by atoms with van der Waals surface area (Å²) in [4.78, 5) is 6.67. The van der Waals surface area contributed by atoms with Crippen molar-refractivity contribution in [1.82, 2.24) is 19.7 Å². The Morgan fingerprint density at radius 2 is 2.18 bits per heavy atom. The van der Waals surface area contributed by atoms with Gasteiger partial charge in [-0.15, -0.1) is 10.2 Å². The normalized spacial score (nSPS) is 17.9. The number of nitrogens with zero attached hydrogens (tertiary/aromatic N) is 5. The SMILES string of the molecule is COCc1nnc2n1[C@@H](C)CN(c1nc3ccccc3o1)C2. The molecule has 7 nitrogen and oxygen atoms in total. The predicted octanol–water partition coefficient (Wildman–Crippen LogP) is 2.15. The topological polar surface area (TPSA) is 69.2 Å². The minimum Gasteiger partial charge on any atom is -0.423 e. The molecule has 0 saturated carbocycles. The Morgan fingerprint density at radius 1 is 1.32 bits per heavy atom. The van der Waals surface area contributed by atoms with Crippen molar-refractivity contribution < 1.29 is 9.15 Å². The number of para-hydroxylation sites is 2. The standard InChI is InChI=1S/C15H17N5O2/c1-10-7-19(8-13-17-18-14(9-21-2)20(10)13)15-16-11-5-3-4-6-12(11)22-15/h3-6,10H,7-9H2,1-2H3/t10-/m0/s1. The van der Waals surface area contributed by atoms with E-state index in [1.165, 1.54) is 0 Å². The Kier molecular flexibility index (Phi) is 3.07. The van der Waals surface area contributed by atoms with E-state index in [0.29, 0.717) is 19.2 Å². The van der Waals surface area contributed by atoms with Crippen LogP contribution in [0.4, 0.5) is 6.01 Å². The van der Waals surface area contributed by atoms with Crippen molar-refractivity contribution in [2.75, 3.05) is 18.6 Å². The van der Waals surface area contributed by atoms with Crippen LogP contribution in [0.5, 0.6) is 0 Å².